The summed E-state index contributed by atoms with van der Waals surface area (Å²) in [4.78, 5) is 15.2. The first-order valence-corrected chi connectivity index (χ1v) is 12.6. The second kappa shape index (κ2) is 9.65. The molecule has 3 aromatic carbocycles. The van der Waals surface area contributed by atoms with Gasteiger partial charge in [-0.25, -0.2) is 14.1 Å². The molecule has 7 nitrogen and oxygen atoms in total. The molecule has 1 aliphatic carbocycles. The van der Waals surface area contributed by atoms with Gasteiger partial charge in [0.05, 0.1) is 24.3 Å². The van der Waals surface area contributed by atoms with Gasteiger partial charge in [-0.15, -0.1) is 0 Å². The fourth-order valence-electron chi connectivity index (χ4n) is 5.54. The van der Waals surface area contributed by atoms with Crippen molar-refractivity contribution < 1.29 is 36.9 Å². The lowest BCUT2D eigenvalue weighted by Gasteiger charge is -2.21. The van der Waals surface area contributed by atoms with Crippen LogP contribution in [0.5, 0.6) is 11.5 Å². The van der Waals surface area contributed by atoms with Crippen LogP contribution in [-0.2, 0) is 17.4 Å². The molecule has 1 aliphatic heterocycles. The number of alkyl halides is 3. The van der Waals surface area contributed by atoms with Gasteiger partial charge < -0.3 is 14.6 Å². The molecule has 0 fully saturated rings. The topological polar surface area (TPSA) is 86.5 Å². The third-order valence-corrected chi connectivity index (χ3v) is 7.30. The molecule has 2 unspecified atom stereocenters. The second-order valence-corrected chi connectivity index (χ2v) is 9.90. The average molecular weight is 554 g/mol. The predicted molar refractivity (Wildman–Crippen MR) is 135 cm³/mol. The number of fused-ring (bicyclic) bond motifs is 2. The zero-order valence-corrected chi connectivity index (χ0v) is 21.2. The second-order valence-electron chi connectivity index (χ2n) is 9.90. The van der Waals surface area contributed by atoms with E-state index in [4.69, 9.17) is 14.6 Å². The molecule has 206 valence electrons. The van der Waals surface area contributed by atoms with Crippen LogP contribution in [0.3, 0.4) is 0 Å². The molecule has 0 bridgehead atoms. The maximum absolute atomic E-state index is 15.3. The maximum Gasteiger partial charge on any atom is 0.417 e. The standard InChI is InChI=1S/C29H23F4N3O4/c1-15-34-14-36(35-15)18-4-2-16(3-5-18)27-21-8-9-24(28(21)23(30)12-22(27)29(31,32)33)40-19-6-7-20-17(10-26(37)38)13-39-25(20)11-19/h2-7,11-12,14,17,24H,8-10,13H2,1H3,(H,37,38). The van der Waals surface area contributed by atoms with Gasteiger partial charge in [-0.2, -0.15) is 18.3 Å². The molecule has 0 spiro atoms. The molecule has 1 N–H and O–H groups in total. The van der Waals surface area contributed by atoms with Gasteiger partial charge in [0.2, 0.25) is 0 Å². The molecule has 40 heavy (non-hydrogen) atoms. The highest BCUT2D eigenvalue weighted by atomic mass is 19.4. The van der Waals surface area contributed by atoms with Gasteiger partial charge in [-0.3, -0.25) is 4.79 Å². The van der Waals surface area contributed by atoms with Crippen LogP contribution in [0.15, 0.2) is 54.9 Å². The highest BCUT2D eigenvalue weighted by molar-refractivity contribution is 5.75. The predicted octanol–water partition coefficient (Wildman–Crippen LogP) is 6.42. The lowest BCUT2D eigenvalue weighted by atomic mass is 9.90. The van der Waals surface area contributed by atoms with Crippen LogP contribution in [0, 0.1) is 12.7 Å². The molecule has 2 aliphatic rings. The van der Waals surface area contributed by atoms with Gasteiger partial charge in [-0.1, -0.05) is 18.2 Å². The van der Waals surface area contributed by atoms with Crippen molar-refractivity contribution in [1.82, 2.24) is 14.8 Å². The molecule has 1 aromatic heterocycles. The van der Waals surface area contributed by atoms with E-state index in [0.29, 0.717) is 34.6 Å². The first kappa shape index (κ1) is 25.8. The van der Waals surface area contributed by atoms with E-state index in [1.807, 2.05) is 0 Å². The Labute approximate surface area is 226 Å². The Kier molecular flexibility index (Phi) is 6.24. The monoisotopic (exact) mass is 553 g/mol. The lowest BCUT2D eigenvalue weighted by molar-refractivity contribution is -0.138. The summed E-state index contributed by atoms with van der Waals surface area (Å²) >= 11 is 0. The zero-order chi connectivity index (χ0) is 28.2. The van der Waals surface area contributed by atoms with Crippen LogP contribution in [0.1, 0.15) is 52.9 Å². The van der Waals surface area contributed by atoms with Gasteiger partial charge in [0.1, 0.15) is 35.6 Å². The third-order valence-electron chi connectivity index (χ3n) is 7.30. The Balaban J connectivity index is 1.35. The Hall–Kier alpha value is -4.41. The summed E-state index contributed by atoms with van der Waals surface area (Å²) in [6.07, 6.45) is -3.64. The van der Waals surface area contributed by atoms with E-state index in [1.165, 1.54) is 11.0 Å². The van der Waals surface area contributed by atoms with Crippen molar-refractivity contribution in [3.63, 3.8) is 0 Å². The van der Waals surface area contributed by atoms with Crippen LogP contribution in [-0.4, -0.2) is 32.4 Å². The Morgan fingerprint density at radius 1 is 1.18 bits per heavy atom. The van der Waals surface area contributed by atoms with Crippen molar-refractivity contribution >= 4 is 5.97 Å². The summed E-state index contributed by atoms with van der Waals surface area (Å²) in [7, 11) is 0. The summed E-state index contributed by atoms with van der Waals surface area (Å²) in [5, 5.41) is 13.3. The number of hydrogen-bond acceptors (Lipinski definition) is 5. The fourth-order valence-corrected chi connectivity index (χ4v) is 5.54. The maximum atomic E-state index is 15.3. The molecule has 0 amide bonds. The third kappa shape index (κ3) is 4.65. The van der Waals surface area contributed by atoms with E-state index < -0.39 is 29.6 Å². The quantitative estimate of drug-likeness (QED) is 0.278. The van der Waals surface area contributed by atoms with Crippen LogP contribution < -0.4 is 9.47 Å². The molecule has 6 rings (SSSR count). The number of carbonyl (C=O) groups is 1. The Bertz CT molecular complexity index is 1620. The highest BCUT2D eigenvalue weighted by Crippen LogP contribution is 2.48. The van der Waals surface area contributed by atoms with Crippen LogP contribution in [0.2, 0.25) is 0 Å². The summed E-state index contributed by atoms with van der Waals surface area (Å²) in [5.41, 5.74) is 0.941. The van der Waals surface area contributed by atoms with E-state index >= 15 is 4.39 Å². The smallest absolute Gasteiger partial charge is 0.417 e. The molecular formula is C29H23F4N3O4. The number of rotatable bonds is 6. The van der Waals surface area contributed by atoms with Gasteiger partial charge in [0.25, 0.3) is 0 Å². The minimum absolute atomic E-state index is 0.0647. The van der Waals surface area contributed by atoms with Crippen molar-refractivity contribution in [3.8, 4) is 28.3 Å². The number of aryl methyl sites for hydroxylation is 1. The summed E-state index contributed by atoms with van der Waals surface area (Å²) in [6, 6.07) is 11.9. The number of halogens is 4. The largest absolute Gasteiger partial charge is 0.492 e. The molecule has 4 aromatic rings. The number of ether oxygens (including phenoxy) is 2. The van der Waals surface area contributed by atoms with Gasteiger partial charge in [-0.05, 0) is 60.7 Å². The number of nitrogens with zero attached hydrogens (tertiary/aromatic N) is 3. The number of aliphatic carboxylic acids is 1. The van der Waals surface area contributed by atoms with Crippen molar-refractivity contribution in [2.24, 2.45) is 0 Å². The van der Waals surface area contributed by atoms with Crippen LogP contribution in [0.25, 0.3) is 16.8 Å². The Morgan fingerprint density at radius 3 is 2.62 bits per heavy atom. The number of benzene rings is 3. The Morgan fingerprint density at radius 2 is 1.95 bits per heavy atom. The summed E-state index contributed by atoms with van der Waals surface area (Å²) in [6.45, 7) is 1.96. The molecule has 0 saturated carbocycles. The number of carboxylic acids is 1. The highest BCUT2D eigenvalue weighted by Gasteiger charge is 2.40. The van der Waals surface area contributed by atoms with Gasteiger partial charge >= 0.3 is 12.1 Å². The van der Waals surface area contributed by atoms with Crippen LogP contribution in [0.4, 0.5) is 17.6 Å². The minimum atomic E-state index is -4.77. The molecule has 0 saturated heterocycles. The number of aromatic nitrogens is 3. The molecule has 2 atom stereocenters. The number of hydrogen-bond donors (Lipinski definition) is 1. The van der Waals surface area contributed by atoms with Crippen molar-refractivity contribution in [2.75, 3.05) is 6.61 Å². The van der Waals surface area contributed by atoms with E-state index in [9.17, 15) is 18.0 Å². The van der Waals surface area contributed by atoms with E-state index in [0.717, 1.165) is 5.56 Å². The normalized spacial score (nSPS) is 17.8. The first-order valence-electron chi connectivity index (χ1n) is 12.6. The van der Waals surface area contributed by atoms with Crippen molar-refractivity contribution in [3.05, 3.63) is 88.8 Å². The van der Waals surface area contributed by atoms with Gasteiger partial charge in [0.15, 0.2) is 0 Å². The zero-order valence-electron chi connectivity index (χ0n) is 21.2. The van der Waals surface area contributed by atoms with Gasteiger partial charge in [0, 0.05) is 23.1 Å². The van der Waals surface area contributed by atoms with E-state index in [2.05, 4.69) is 10.1 Å². The summed E-state index contributed by atoms with van der Waals surface area (Å²) < 4.78 is 71.0. The van der Waals surface area contributed by atoms with Crippen molar-refractivity contribution in [1.29, 1.82) is 0 Å². The van der Waals surface area contributed by atoms with E-state index in [-0.39, 0.29) is 48.5 Å². The SMILES string of the molecule is Cc1ncn(-c2ccc(-c3c(C(F)(F)F)cc(F)c4c3CCC4Oc3ccc4c(c3)OCC4CC(=O)O)cc2)n1. The molecule has 11 heteroatoms. The number of carboxylic acid groups (broad SMARTS) is 1. The van der Waals surface area contributed by atoms with E-state index in [1.54, 1.807) is 49.4 Å². The summed E-state index contributed by atoms with van der Waals surface area (Å²) in [5.74, 6) is -0.784. The molecule has 2 heterocycles. The average Bonchev–Trinajstić information content (AvgIpc) is 3.63. The molecular weight excluding hydrogens is 530 g/mol. The van der Waals surface area contributed by atoms with Crippen LogP contribution >= 0.6 is 0 Å². The lowest BCUT2D eigenvalue weighted by Crippen LogP contribution is -2.13. The molecule has 0 radical (unpaired) electrons. The van der Waals surface area contributed by atoms with Crippen molar-refractivity contribution in [2.45, 2.75) is 44.4 Å². The minimum Gasteiger partial charge on any atom is -0.492 e. The first-order chi connectivity index (χ1) is 19.1. The fraction of sp³-hybridized carbons (Fsp3) is 0.276.